The first kappa shape index (κ1) is 24.7. The van der Waals surface area contributed by atoms with Crippen LogP contribution in [0.4, 0.5) is 0 Å². The Bertz CT molecular complexity index is 712. The van der Waals surface area contributed by atoms with E-state index in [1.165, 1.54) is 32.1 Å². The molecule has 0 aromatic rings. The Balaban J connectivity index is 1.71. The summed E-state index contributed by atoms with van der Waals surface area (Å²) in [6.07, 6.45) is 13.4. The number of aliphatic hydroxyl groups is 3. The Hall–Kier alpha value is -0.900. The molecule has 0 aromatic heterocycles. The average molecular weight is 431 g/mol. The number of aliphatic hydroxyl groups excluding tert-OH is 2. The number of fused-ring (bicyclic) bond motifs is 1. The number of rotatable bonds is 6. The van der Waals surface area contributed by atoms with E-state index in [4.69, 9.17) is 0 Å². The summed E-state index contributed by atoms with van der Waals surface area (Å²) in [5.41, 5.74) is 3.15. The van der Waals surface area contributed by atoms with Gasteiger partial charge in [-0.2, -0.15) is 0 Å². The van der Waals surface area contributed by atoms with Gasteiger partial charge in [0.15, 0.2) is 0 Å². The predicted molar refractivity (Wildman–Crippen MR) is 129 cm³/mol. The van der Waals surface area contributed by atoms with Gasteiger partial charge in [-0.05, 0) is 93.1 Å². The highest BCUT2D eigenvalue weighted by molar-refractivity contribution is 5.39. The molecule has 3 nitrogen and oxygen atoms in total. The fourth-order valence-corrected chi connectivity index (χ4v) is 6.91. The van der Waals surface area contributed by atoms with Crippen molar-refractivity contribution >= 4 is 0 Å². The highest BCUT2D eigenvalue weighted by atomic mass is 16.3. The largest absolute Gasteiger partial charge is 0.392 e. The van der Waals surface area contributed by atoms with Crippen LogP contribution < -0.4 is 0 Å². The van der Waals surface area contributed by atoms with Crippen LogP contribution in [0.2, 0.25) is 0 Å². The van der Waals surface area contributed by atoms with Crippen molar-refractivity contribution in [1.29, 1.82) is 0 Å². The van der Waals surface area contributed by atoms with Crippen LogP contribution in [0.3, 0.4) is 0 Å². The Labute approximate surface area is 190 Å². The molecule has 0 aliphatic heterocycles. The van der Waals surface area contributed by atoms with Crippen molar-refractivity contribution in [2.75, 3.05) is 0 Å². The first-order valence-electron chi connectivity index (χ1n) is 12.6. The van der Waals surface area contributed by atoms with E-state index in [-0.39, 0.29) is 5.92 Å². The summed E-state index contributed by atoms with van der Waals surface area (Å²) >= 11 is 0. The minimum atomic E-state index is -0.648. The molecule has 0 bridgehead atoms. The fourth-order valence-electron chi connectivity index (χ4n) is 6.91. The molecular formula is C28H46O3. The summed E-state index contributed by atoms with van der Waals surface area (Å²) in [5, 5.41) is 30.7. The SMILES string of the molecule is C=C1C(=CC=C2CCC[C@]3(C)[C@@H]([C@@H](C)CCCC(C)(C)O)CC[C@@H]23)C[C@@H](O)[C@@H](C)[C@@H]1O. The van der Waals surface area contributed by atoms with Gasteiger partial charge in [-0.25, -0.2) is 0 Å². The van der Waals surface area contributed by atoms with Crippen molar-refractivity contribution in [3.63, 3.8) is 0 Å². The van der Waals surface area contributed by atoms with E-state index < -0.39 is 17.8 Å². The molecule has 3 saturated carbocycles. The molecule has 0 heterocycles. The Morgan fingerprint density at radius 3 is 2.61 bits per heavy atom. The van der Waals surface area contributed by atoms with Gasteiger partial charge in [-0.3, -0.25) is 0 Å². The fraction of sp³-hybridized carbons (Fsp3) is 0.786. The van der Waals surface area contributed by atoms with Gasteiger partial charge in [0.1, 0.15) is 0 Å². The summed E-state index contributed by atoms with van der Waals surface area (Å²) in [7, 11) is 0. The zero-order valence-corrected chi connectivity index (χ0v) is 20.5. The van der Waals surface area contributed by atoms with E-state index in [9.17, 15) is 15.3 Å². The number of allylic oxidation sites excluding steroid dienone is 3. The molecule has 0 saturated heterocycles. The smallest absolute Gasteiger partial charge is 0.0837 e. The molecule has 31 heavy (non-hydrogen) atoms. The van der Waals surface area contributed by atoms with Crippen LogP contribution in [0.25, 0.3) is 0 Å². The van der Waals surface area contributed by atoms with Crippen LogP contribution in [-0.2, 0) is 0 Å². The van der Waals surface area contributed by atoms with Gasteiger partial charge < -0.3 is 15.3 Å². The molecule has 3 aliphatic rings. The molecule has 3 N–H and O–H groups in total. The standard InChI is InChI=1S/C28H46O3/c1-18(9-7-15-27(4,5)31)23-13-14-24-21(10-8-16-28(23,24)6)11-12-22-17-25(29)20(3)26(30)19(22)2/h11-12,18,20,23-26,29-31H,2,7-10,13-17H2,1,3-6H3/t18-,20+,23+,24-,25+,26+,28+/m0/s1. The Morgan fingerprint density at radius 1 is 1.23 bits per heavy atom. The predicted octanol–water partition coefficient (Wildman–Crippen LogP) is 5.95. The Kier molecular flexibility index (Phi) is 7.61. The van der Waals surface area contributed by atoms with Crippen LogP contribution >= 0.6 is 0 Å². The molecule has 176 valence electrons. The molecular weight excluding hydrogens is 384 g/mol. The second-order valence-corrected chi connectivity index (χ2v) is 11.8. The lowest BCUT2D eigenvalue weighted by atomic mass is 9.60. The highest BCUT2D eigenvalue weighted by Gasteiger charge is 2.50. The van der Waals surface area contributed by atoms with E-state index >= 15 is 0 Å². The van der Waals surface area contributed by atoms with Gasteiger partial charge in [-0.1, -0.05) is 57.9 Å². The second kappa shape index (κ2) is 9.53. The van der Waals surface area contributed by atoms with Crippen LogP contribution in [0.15, 0.2) is 35.5 Å². The molecule has 3 fully saturated rings. The van der Waals surface area contributed by atoms with Crippen molar-refractivity contribution < 1.29 is 15.3 Å². The van der Waals surface area contributed by atoms with Crippen molar-refractivity contribution in [3.05, 3.63) is 35.5 Å². The molecule has 3 heteroatoms. The van der Waals surface area contributed by atoms with Gasteiger partial charge in [0.2, 0.25) is 0 Å². The van der Waals surface area contributed by atoms with Crippen molar-refractivity contribution in [2.24, 2.45) is 29.1 Å². The minimum Gasteiger partial charge on any atom is -0.392 e. The number of hydrogen-bond donors (Lipinski definition) is 3. The van der Waals surface area contributed by atoms with Gasteiger partial charge in [-0.15, -0.1) is 0 Å². The van der Waals surface area contributed by atoms with Crippen molar-refractivity contribution in [1.82, 2.24) is 0 Å². The minimum absolute atomic E-state index is 0.149. The quantitative estimate of drug-likeness (QED) is 0.488. The lowest BCUT2D eigenvalue weighted by Crippen LogP contribution is -2.36. The summed E-state index contributed by atoms with van der Waals surface area (Å²) in [5.74, 6) is 1.94. The van der Waals surface area contributed by atoms with E-state index in [0.29, 0.717) is 23.7 Å². The third-order valence-electron chi connectivity index (χ3n) is 8.97. The van der Waals surface area contributed by atoms with Crippen LogP contribution in [-0.4, -0.2) is 33.1 Å². The monoisotopic (exact) mass is 430 g/mol. The number of hydrogen-bond acceptors (Lipinski definition) is 3. The molecule has 0 radical (unpaired) electrons. The molecule has 0 amide bonds. The second-order valence-electron chi connectivity index (χ2n) is 11.8. The van der Waals surface area contributed by atoms with Crippen LogP contribution in [0.5, 0.6) is 0 Å². The van der Waals surface area contributed by atoms with E-state index in [2.05, 4.69) is 32.6 Å². The molecule has 3 aliphatic carbocycles. The van der Waals surface area contributed by atoms with E-state index in [0.717, 1.165) is 36.3 Å². The van der Waals surface area contributed by atoms with Crippen LogP contribution in [0, 0.1) is 29.1 Å². The molecule has 0 spiro atoms. The van der Waals surface area contributed by atoms with E-state index in [1.54, 1.807) is 5.57 Å². The maximum absolute atomic E-state index is 10.4. The van der Waals surface area contributed by atoms with Crippen molar-refractivity contribution in [3.8, 4) is 0 Å². The summed E-state index contributed by atoms with van der Waals surface area (Å²) < 4.78 is 0. The summed E-state index contributed by atoms with van der Waals surface area (Å²) in [4.78, 5) is 0. The first-order valence-corrected chi connectivity index (χ1v) is 12.6. The average Bonchev–Trinajstić information content (AvgIpc) is 3.04. The van der Waals surface area contributed by atoms with E-state index in [1.807, 2.05) is 20.8 Å². The molecule has 3 rings (SSSR count). The Morgan fingerprint density at radius 2 is 1.94 bits per heavy atom. The third-order valence-corrected chi connectivity index (χ3v) is 8.97. The molecule has 0 unspecified atom stereocenters. The maximum Gasteiger partial charge on any atom is 0.0837 e. The first-order chi connectivity index (χ1) is 14.4. The normalized spacial score (nSPS) is 40.4. The zero-order valence-electron chi connectivity index (χ0n) is 20.5. The lowest BCUT2D eigenvalue weighted by Gasteiger charge is -2.44. The maximum atomic E-state index is 10.4. The van der Waals surface area contributed by atoms with Crippen molar-refractivity contribution in [2.45, 2.75) is 110 Å². The molecule has 7 atom stereocenters. The summed E-state index contributed by atoms with van der Waals surface area (Å²) in [6.45, 7) is 14.8. The third kappa shape index (κ3) is 5.37. The highest BCUT2D eigenvalue weighted by Crippen LogP contribution is 2.60. The van der Waals surface area contributed by atoms with Crippen LogP contribution in [0.1, 0.15) is 92.4 Å². The van der Waals surface area contributed by atoms with Gasteiger partial charge in [0.05, 0.1) is 17.8 Å². The lowest BCUT2D eigenvalue weighted by molar-refractivity contribution is 0.0283. The van der Waals surface area contributed by atoms with Gasteiger partial charge in [0.25, 0.3) is 0 Å². The zero-order chi connectivity index (χ0) is 23.0. The molecule has 0 aromatic carbocycles. The topological polar surface area (TPSA) is 60.7 Å². The van der Waals surface area contributed by atoms with Gasteiger partial charge in [0, 0.05) is 5.92 Å². The van der Waals surface area contributed by atoms with Gasteiger partial charge >= 0.3 is 0 Å². The summed E-state index contributed by atoms with van der Waals surface area (Å²) in [6, 6.07) is 0.